The predicted molar refractivity (Wildman–Crippen MR) is 102 cm³/mol. The Morgan fingerprint density at radius 3 is 2.89 bits per heavy atom. The van der Waals surface area contributed by atoms with Crippen LogP contribution in [0.1, 0.15) is 17.7 Å². The number of aromatic nitrogens is 3. The molecule has 0 spiro atoms. The van der Waals surface area contributed by atoms with Crippen molar-refractivity contribution in [3.63, 3.8) is 0 Å². The van der Waals surface area contributed by atoms with Gasteiger partial charge in [-0.3, -0.25) is 0 Å². The Morgan fingerprint density at radius 2 is 2.18 bits per heavy atom. The summed E-state index contributed by atoms with van der Waals surface area (Å²) < 4.78 is 5.72. The zero-order valence-corrected chi connectivity index (χ0v) is 15.6. The number of hydrogen-bond donors (Lipinski definition) is 3. The highest BCUT2D eigenvalue weighted by molar-refractivity contribution is 5.61. The predicted octanol–water partition coefficient (Wildman–Crippen LogP) is 1.36. The van der Waals surface area contributed by atoms with Crippen LogP contribution < -0.4 is 16.0 Å². The second-order valence-electron chi connectivity index (χ2n) is 6.09. The first-order valence-corrected chi connectivity index (χ1v) is 8.98. The molecule has 10 nitrogen and oxygen atoms in total. The van der Waals surface area contributed by atoms with Crippen LogP contribution in [0.3, 0.4) is 0 Å². The van der Waals surface area contributed by atoms with Gasteiger partial charge in [-0.25, -0.2) is 24.7 Å². The monoisotopic (exact) mass is 385 g/mol. The van der Waals surface area contributed by atoms with E-state index < -0.39 is 0 Å². The molecule has 1 aliphatic rings. The van der Waals surface area contributed by atoms with Crippen molar-refractivity contribution in [3.8, 4) is 6.07 Å². The molecule has 148 valence electrons. The summed E-state index contributed by atoms with van der Waals surface area (Å²) in [5, 5.41) is 18.6. The minimum Gasteiger partial charge on any atom is -0.384 e. The Bertz CT molecular complexity index is 789. The van der Waals surface area contributed by atoms with Crippen LogP contribution in [0.15, 0.2) is 24.7 Å². The van der Waals surface area contributed by atoms with E-state index in [0.717, 1.165) is 43.9 Å². The Balaban J connectivity index is 1.65. The lowest BCUT2D eigenvalue weighted by Crippen LogP contribution is -2.39. The van der Waals surface area contributed by atoms with Gasteiger partial charge >= 0.3 is 0 Å². The van der Waals surface area contributed by atoms with Gasteiger partial charge in [0.1, 0.15) is 24.3 Å². The molecule has 10 heteroatoms. The van der Waals surface area contributed by atoms with Crippen molar-refractivity contribution in [3.05, 3.63) is 35.9 Å². The van der Waals surface area contributed by atoms with Gasteiger partial charge in [-0.15, -0.1) is 0 Å². The highest BCUT2D eigenvalue weighted by atomic mass is 17.2. The standard InChI is InChI=1S/C18H23N7O3/c1-26-28-12-13-8-23-17(25-18-11-22-14(7-19)9-24-18)6-16(13)21-3-2-15-10-20-4-5-27-15/h6,8-9,11,15,20H,2-5,10,12H2,1H3,(H2,21,23,24,25)/t15-/m0/s1. The molecule has 0 radical (unpaired) electrons. The molecule has 3 rings (SSSR count). The summed E-state index contributed by atoms with van der Waals surface area (Å²) in [6, 6.07) is 3.81. The molecule has 2 aromatic heterocycles. The fraction of sp³-hybridized carbons (Fsp3) is 0.444. The number of nitrogens with zero attached hydrogens (tertiary/aromatic N) is 4. The maximum absolute atomic E-state index is 8.80. The number of anilines is 3. The highest BCUT2D eigenvalue weighted by Gasteiger charge is 2.13. The second kappa shape index (κ2) is 10.5. The first-order chi connectivity index (χ1) is 13.8. The normalized spacial score (nSPS) is 16.4. The van der Waals surface area contributed by atoms with E-state index >= 15 is 0 Å². The molecule has 2 aromatic rings. The number of nitrogens with one attached hydrogen (secondary N) is 3. The Morgan fingerprint density at radius 1 is 1.29 bits per heavy atom. The van der Waals surface area contributed by atoms with E-state index in [0.29, 0.717) is 11.6 Å². The third-order valence-corrected chi connectivity index (χ3v) is 4.13. The molecule has 0 bridgehead atoms. The van der Waals surface area contributed by atoms with Crippen molar-refractivity contribution in [2.24, 2.45) is 0 Å². The van der Waals surface area contributed by atoms with Gasteiger partial charge in [0.2, 0.25) is 0 Å². The first-order valence-electron chi connectivity index (χ1n) is 8.98. The molecule has 0 aliphatic carbocycles. The van der Waals surface area contributed by atoms with E-state index in [-0.39, 0.29) is 18.4 Å². The van der Waals surface area contributed by atoms with Crippen LogP contribution >= 0.6 is 0 Å². The van der Waals surface area contributed by atoms with Crippen LogP contribution in [0.4, 0.5) is 17.3 Å². The van der Waals surface area contributed by atoms with Gasteiger partial charge in [0.05, 0.1) is 32.2 Å². The first kappa shape index (κ1) is 19.9. The summed E-state index contributed by atoms with van der Waals surface area (Å²) in [5.74, 6) is 1.10. The average molecular weight is 385 g/mol. The number of pyridine rings is 1. The number of rotatable bonds is 9. The molecule has 3 heterocycles. The number of nitriles is 1. The summed E-state index contributed by atoms with van der Waals surface area (Å²) in [6.45, 7) is 3.52. The molecule has 3 N–H and O–H groups in total. The second-order valence-corrected chi connectivity index (χ2v) is 6.09. The van der Waals surface area contributed by atoms with Gasteiger partial charge in [-0.1, -0.05) is 0 Å². The summed E-state index contributed by atoms with van der Waals surface area (Å²) in [7, 11) is 1.47. The molecular weight excluding hydrogens is 362 g/mol. The van der Waals surface area contributed by atoms with Crippen molar-refractivity contribution in [1.82, 2.24) is 20.3 Å². The van der Waals surface area contributed by atoms with E-state index in [2.05, 4.69) is 30.9 Å². The van der Waals surface area contributed by atoms with Crippen LogP contribution in [0.25, 0.3) is 0 Å². The fourth-order valence-electron chi connectivity index (χ4n) is 2.71. The molecule has 28 heavy (non-hydrogen) atoms. The lowest BCUT2D eigenvalue weighted by atomic mass is 10.2. The van der Waals surface area contributed by atoms with Crippen molar-refractivity contribution < 1.29 is 14.5 Å². The number of ether oxygens (including phenoxy) is 1. The highest BCUT2D eigenvalue weighted by Crippen LogP contribution is 2.22. The van der Waals surface area contributed by atoms with Crippen LogP contribution in [0, 0.1) is 11.3 Å². The van der Waals surface area contributed by atoms with Gasteiger partial charge < -0.3 is 20.7 Å². The Kier molecular flexibility index (Phi) is 7.45. The topological polar surface area (TPSA) is 126 Å². The van der Waals surface area contributed by atoms with Crippen molar-refractivity contribution in [2.75, 3.05) is 44.0 Å². The van der Waals surface area contributed by atoms with Crippen LogP contribution in [0.5, 0.6) is 0 Å². The van der Waals surface area contributed by atoms with Crippen LogP contribution in [-0.2, 0) is 21.1 Å². The summed E-state index contributed by atoms with van der Waals surface area (Å²) in [4.78, 5) is 22.3. The average Bonchev–Trinajstić information content (AvgIpc) is 2.74. The minimum atomic E-state index is 0.202. The number of morpholine rings is 1. The smallest absolute Gasteiger partial charge is 0.158 e. The van der Waals surface area contributed by atoms with E-state index in [1.54, 1.807) is 6.20 Å². The zero-order chi connectivity index (χ0) is 19.6. The summed E-state index contributed by atoms with van der Waals surface area (Å²) >= 11 is 0. The molecule has 1 saturated heterocycles. The quantitative estimate of drug-likeness (QED) is 0.430. The summed E-state index contributed by atoms with van der Waals surface area (Å²) in [6.07, 6.45) is 5.68. The summed E-state index contributed by atoms with van der Waals surface area (Å²) in [5.41, 5.74) is 1.99. The van der Waals surface area contributed by atoms with Crippen molar-refractivity contribution >= 4 is 17.3 Å². The molecule has 1 aliphatic heterocycles. The van der Waals surface area contributed by atoms with Gasteiger partial charge in [0.15, 0.2) is 5.69 Å². The Labute approximate surface area is 163 Å². The van der Waals surface area contributed by atoms with Crippen molar-refractivity contribution in [1.29, 1.82) is 5.26 Å². The van der Waals surface area contributed by atoms with Gasteiger partial charge in [0.25, 0.3) is 0 Å². The molecule has 1 atom stereocenters. The Hall–Kier alpha value is -2.84. The zero-order valence-electron chi connectivity index (χ0n) is 15.6. The number of hydrogen-bond acceptors (Lipinski definition) is 10. The maximum Gasteiger partial charge on any atom is 0.158 e. The van der Waals surface area contributed by atoms with E-state index in [4.69, 9.17) is 19.8 Å². The van der Waals surface area contributed by atoms with Crippen molar-refractivity contribution in [2.45, 2.75) is 19.1 Å². The molecule has 1 fully saturated rings. The molecular formula is C18H23N7O3. The third-order valence-electron chi connectivity index (χ3n) is 4.13. The third kappa shape index (κ3) is 5.83. The maximum atomic E-state index is 8.80. The van der Waals surface area contributed by atoms with E-state index in [1.807, 2.05) is 12.1 Å². The molecule has 0 saturated carbocycles. The minimum absolute atomic E-state index is 0.202. The van der Waals surface area contributed by atoms with Gasteiger partial charge in [-0.2, -0.15) is 5.26 Å². The molecule has 0 aromatic carbocycles. The molecule has 0 unspecified atom stereocenters. The SMILES string of the molecule is COOCc1cnc(Nc2cnc(C#N)cn2)cc1NCC[C@H]1CNCCO1. The lowest BCUT2D eigenvalue weighted by Gasteiger charge is -2.24. The largest absolute Gasteiger partial charge is 0.384 e. The van der Waals surface area contributed by atoms with Gasteiger partial charge in [-0.05, 0) is 6.42 Å². The van der Waals surface area contributed by atoms with E-state index in [1.165, 1.54) is 19.5 Å². The van der Waals surface area contributed by atoms with Gasteiger partial charge in [0, 0.05) is 43.1 Å². The fourth-order valence-corrected chi connectivity index (χ4v) is 2.71. The lowest BCUT2D eigenvalue weighted by molar-refractivity contribution is -0.282. The van der Waals surface area contributed by atoms with Crippen LogP contribution in [0.2, 0.25) is 0 Å². The van der Waals surface area contributed by atoms with Crippen LogP contribution in [-0.4, -0.2) is 54.4 Å². The van der Waals surface area contributed by atoms with E-state index in [9.17, 15) is 0 Å². The molecule has 0 amide bonds.